The Kier molecular flexibility index (Phi) is 5.14. The van der Waals surface area contributed by atoms with Crippen LogP contribution < -0.4 is 10.2 Å². The summed E-state index contributed by atoms with van der Waals surface area (Å²) in [6.07, 6.45) is 0. The van der Waals surface area contributed by atoms with E-state index in [1.807, 2.05) is 19.1 Å². The SMILES string of the molecule is CCNc1cc(N(Cc2ccccc2)C(C)C)nc(C)n1. The van der Waals surface area contributed by atoms with Crippen LogP contribution in [-0.2, 0) is 6.54 Å². The van der Waals surface area contributed by atoms with Crippen LogP contribution in [-0.4, -0.2) is 22.6 Å². The highest BCUT2D eigenvalue weighted by Crippen LogP contribution is 2.20. The molecule has 0 amide bonds. The van der Waals surface area contributed by atoms with Crippen molar-refractivity contribution >= 4 is 11.6 Å². The quantitative estimate of drug-likeness (QED) is 0.879. The molecule has 1 heterocycles. The molecule has 2 rings (SSSR count). The van der Waals surface area contributed by atoms with Gasteiger partial charge < -0.3 is 10.2 Å². The fourth-order valence-corrected chi connectivity index (χ4v) is 2.28. The molecular formula is C17H24N4. The lowest BCUT2D eigenvalue weighted by atomic mass is 10.2. The van der Waals surface area contributed by atoms with Crippen LogP contribution in [0.3, 0.4) is 0 Å². The minimum Gasteiger partial charge on any atom is -0.370 e. The number of rotatable bonds is 6. The first-order valence-electron chi connectivity index (χ1n) is 7.50. The predicted molar refractivity (Wildman–Crippen MR) is 88.7 cm³/mol. The third kappa shape index (κ3) is 4.18. The van der Waals surface area contributed by atoms with E-state index in [1.54, 1.807) is 0 Å². The van der Waals surface area contributed by atoms with Crippen molar-refractivity contribution < 1.29 is 0 Å². The normalized spacial score (nSPS) is 10.7. The van der Waals surface area contributed by atoms with E-state index in [-0.39, 0.29) is 0 Å². The number of benzene rings is 1. The lowest BCUT2D eigenvalue weighted by Gasteiger charge is -2.28. The van der Waals surface area contributed by atoms with E-state index < -0.39 is 0 Å². The van der Waals surface area contributed by atoms with E-state index in [0.29, 0.717) is 6.04 Å². The molecule has 2 aromatic rings. The summed E-state index contributed by atoms with van der Waals surface area (Å²) in [7, 11) is 0. The summed E-state index contributed by atoms with van der Waals surface area (Å²) < 4.78 is 0. The van der Waals surface area contributed by atoms with Crippen LogP contribution in [0, 0.1) is 6.92 Å². The van der Waals surface area contributed by atoms with Crippen LogP contribution in [0.5, 0.6) is 0 Å². The lowest BCUT2D eigenvalue weighted by molar-refractivity contribution is 0.669. The van der Waals surface area contributed by atoms with Crippen LogP contribution in [0.25, 0.3) is 0 Å². The second kappa shape index (κ2) is 7.07. The summed E-state index contributed by atoms with van der Waals surface area (Å²) in [4.78, 5) is 11.3. The van der Waals surface area contributed by atoms with Crippen LogP contribution in [0.1, 0.15) is 32.2 Å². The Morgan fingerprint density at radius 2 is 1.86 bits per heavy atom. The van der Waals surface area contributed by atoms with Gasteiger partial charge in [-0.25, -0.2) is 9.97 Å². The van der Waals surface area contributed by atoms with E-state index in [4.69, 9.17) is 0 Å². The fraction of sp³-hybridized carbons (Fsp3) is 0.412. The van der Waals surface area contributed by atoms with Gasteiger partial charge in [0.15, 0.2) is 0 Å². The van der Waals surface area contributed by atoms with Crippen LogP contribution in [0.15, 0.2) is 36.4 Å². The maximum absolute atomic E-state index is 4.61. The molecule has 1 N–H and O–H groups in total. The summed E-state index contributed by atoms with van der Waals surface area (Å²) in [5, 5.41) is 3.27. The molecule has 112 valence electrons. The number of aryl methyl sites for hydroxylation is 1. The van der Waals surface area contributed by atoms with Gasteiger partial charge in [0, 0.05) is 25.2 Å². The predicted octanol–water partition coefficient (Wildman–Crippen LogP) is 3.63. The number of nitrogens with one attached hydrogen (secondary N) is 1. The van der Waals surface area contributed by atoms with Crippen molar-refractivity contribution in [2.24, 2.45) is 0 Å². The minimum absolute atomic E-state index is 0.369. The topological polar surface area (TPSA) is 41.0 Å². The largest absolute Gasteiger partial charge is 0.370 e. The number of nitrogens with zero attached hydrogens (tertiary/aromatic N) is 3. The zero-order valence-corrected chi connectivity index (χ0v) is 13.3. The van der Waals surface area contributed by atoms with E-state index in [9.17, 15) is 0 Å². The van der Waals surface area contributed by atoms with Crippen molar-refractivity contribution in [3.63, 3.8) is 0 Å². The molecule has 0 bridgehead atoms. The van der Waals surface area contributed by atoms with Gasteiger partial charge in [0.25, 0.3) is 0 Å². The van der Waals surface area contributed by atoms with E-state index in [0.717, 1.165) is 30.5 Å². The smallest absolute Gasteiger partial charge is 0.134 e. The van der Waals surface area contributed by atoms with Crippen molar-refractivity contribution in [3.05, 3.63) is 47.8 Å². The second-order valence-corrected chi connectivity index (χ2v) is 5.40. The Morgan fingerprint density at radius 1 is 1.14 bits per heavy atom. The van der Waals surface area contributed by atoms with Gasteiger partial charge in [-0.05, 0) is 33.3 Å². The molecule has 4 nitrogen and oxygen atoms in total. The molecule has 0 aliphatic rings. The Balaban J connectivity index is 2.29. The zero-order chi connectivity index (χ0) is 15.2. The first-order chi connectivity index (χ1) is 10.1. The van der Waals surface area contributed by atoms with Gasteiger partial charge >= 0.3 is 0 Å². The van der Waals surface area contributed by atoms with Gasteiger partial charge in [0.05, 0.1) is 0 Å². The highest BCUT2D eigenvalue weighted by Gasteiger charge is 2.14. The minimum atomic E-state index is 0.369. The third-order valence-corrected chi connectivity index (χ3v) is 3.30. The molecule has 1 aromatic heterocycles. The van der Waals surface area contributed by atoms with Gasteiger partial charge in [0.2, 0.25) is 0 Å². The van der Waals surface area contributed by atoms with Gasteiger partial charge in [-0.1, -0.05) is 30.3 Å². The van der Waals surface area contributed by atoms with Crippen LogP contribution in [0.4, 0.5) is 11.6 Å². The van der Waals surface area contributed by atoms with Crippen molar-refractivity contribution in [2.75, 3.05) is 16.8 Å². The average molecular weight is 284 g/mol. The molecule has 0 atom stereocenters. The van der Waals surface area contributed by atoms with E-state index >= 15 is 0 Å². The standard InChI is InChI=1S/C17H24N4/c1-5-18-16-11-17(20-14(4)19-16)21(13(2)3)12-15-9-7-6-8-10-15/h6-11,13H,5,12H2,1-4H3,(H,18,19,20). The maximum Gasteiger partial charge on any atom is 0.134 e. The number of anilines is 2. The summed E-state index contributed by atoms with van der Waals surface area (Å²) in [6, 6.07) is 12.9. The molecule has 0 aliphatic heterocycles. The molecule has 0 saturated carbocycles. The van der Waals surface area contributed by atoms with Gasteiger partial charge in [-0.15, -0.1) is 0 Å². The highest BCUT2D eigenvalue weighted by molar-refractivity contribution is 5.50. The first-order valence-corrected chi connectivity index (χ1v) is 7.50. The van der Waals surface area contributed by atoms with Gasteiger partial charge in [-0.2, -0.15) is 0 Å². The molecular weight excluding hydrogens is 260 g/mol. The fourth-order valence-electron chi connectivity index (χ4n) is 2.28. The van der Waals surface area contributed by atoms with Crippen molar-refractivity contribution in [1.29, 1.82) is 0 Å². The Labute approximate surface area is 127 Å². The summed E-state index contributed by atoms with van der Waals surface area (Å²) in [5.41, 5.74) is 1.28. The molecule has 21 heavy (non-hydrogen) atoms. The lowest BCUT2D eigenvalue weighted by Crippen LogP contribution is -2.31. The molecule has 0 saturated heterocycles. The maximum atomic E-state index is 4.61. The summed E-state index contributed by atoms with van der Waals surface area (Å²) in [5.74, 6) is 2.65. The van der Waals surface area contributed by atoms with E-state index in [2.05, 4.69) is 65.2 Å². The zero-order valence-electron chi connectivity index (χ0n) is 13.3. The highest BCUT2D eigenvalue weighted by atomic mass is 15.2. The molecule has 4 heteroatoms. The van der Waals surface area contributed by atoms with E-state index in [1.165, 1.54) is 5.56 Å². The summed E-state index contributed by atoms with van der Waals surface area (Å²) >= 11 is 0. The number of hydrogen-bond acceptors (Lipinski definition) is 4. The molecule has 0 radical (unpaired) electrons. The molecule has 0 unspecified atom stereocenters. The van der Waals surface area contributed by atoms with Crippen LogP contribution in [0.2, 0.25) is 0 Å². The first kappa shape index (κ1) is 15.3. The molecule has 1 aromatic carbocycles. The Bertz CT molecular complexity index is 566. The monoisotopic (exact) mass is 284 g/mol. The van der Waals surface area contributed by atoms with Crippen molar-refractivity contribution in [2.45, 2.75) is 40.3 Å². The summed E-state index contributed by atoms with van der Waals surface area (Å²) in [6.45, 7) is 10.1. The third-order valence-electron chi connectivity index (χ3n) is 3.30. The average Bonchev–Trinajstić information content (AvgIpc) is 2.45. The second-order valence-electron chi connectivity index (χ2n) is 5.40. The Hall–Kier alpha value is -2.10. The van der Waals surface area contributed by atoms with Crippen molar-refractivity contribution in [1.82, 2.24) is 9.97 Å². The van der Waals surface area contributed by atoms with Crippen molar-refractivity contribution in [3.8, 4) is 0 Å². The van der Waals surface area contributed by atoms with Gasteiger partial charge in [-0.3, -0.25) is 0 Å². The van der Waals surface area contributed by atoms with Crippen LogP contribution >= 0.6 is 0 Å². The number of aromatic nitrogens is 2. The molecule has 0 aliphatic carbocycles. The number of hydrogen-bond donors (Lipinski definition) is 1. The van der Waals surface area contributed by atoms with Gasteiger partial charge in [0.1, 0.15) is 17.5 Å². The Morgan fingerprint density at radius 3 is 2.48 bits per heavy atom. The molecule has 0 fully saturated rings. The molecule has 0 spiro atoms.